The number of nitrogens with one attached hydrogen (secondary N) is 1. The molecule has 11 heteroatoms. The fourth-order valence-corrected chi connectivity index (χ4v) is 2.69. The van der Waals surface area contributed by atoms with Gasteiger partial charge in [-0.2, -0.15) is 23.7 Å². The summed E-state index contributed by atoms with van der Waals surface area (Å²) < 4.78 is 32.8. The summed E-state index contributed by atoms with van der Waals surface area (Å²) >= 11 is 0. The first-order valence-corrected chi connectivity index (χ1v) is 8.08. The van der Waals surface area contributed by atoms with Gasteiger partial charge in [-0.3, -0.25) is 14.3 Å². The number of aromatic nitrogens is 4. The molecule has 0 unspecified atom stereocenters. The summed E-state index contributed by atoms with van der Waals surface area (Å²) in [6.07, 6.45) is 2.44. The molecule has 26 heavy (non-hydrogen) atoms. The van der Waals surface area contributed by atoms with Crippen LogP contribution < -0.4 is 5.32 Å². The molecule has 2 aromatic heterocycles. The Morgan fingerprint density at radius 3 is 2.69 bits per heavy atom. The van der Waals surface area contributed by atoms with Crippen molar-refractivity contribution < 1.29 is 23.1 Å². The second-order valence-electron chi connectivity index (χ2n) is 5.52. The summed E-state index contributed by atoms with van der Waals surface area (Å²) in [7, 11) is 0. The quantitative estimate of drug-likeness (QED) is 0.856. The second kappa shape index (κ2) is 7.60. The number of alkyl halides is 2. The van der Waals surface area contributed by atoms with E-state index in [-0.39, 0.29) is 23.0 Å². The van der Waals surface area contributed by atoms with E-state index in [0.717, 1.165) is 6.20 Å². The molecule has 2 aromatic rings. The number of morpholine rings is 1. The maximum atomic E-state index is 12.9. The molecule has 0 bridgehead atoms. The van der Waals surface area contributed by atoms with Gasteiger partial charge in [0.05, 0.1) is 25.1 Å². The van der Waals surface area contributed by atoms with Crippen LogP contribution in [0, 0.1) is 0 Å². The van der Waals surface area contributed by atoms with Gasteiger partial charge in [-0.1, -0.05) is 0 Å². The molecule has 0 radical (unpaired) electrons. The molecule has 0 atom stereocenters. The van der Waals surface area contributed by atoms with Crippen molar-refractivity contribution in [3.05, 3.63) is 29.8 Å². The van der Waals surface area contributed by atoms with Crippen molar-refractivity contribution in [2.24, 2.45) is 0 Å². The normalized spacial score (nSPS) is 14.7. The van der Waals surface area contributed by atoms with Crippen molar-refractivity contribution in [1.29, 1.82) is 0 Å². The van der Waals surface area contributed by atoms with Crippen LogP contribution in [0.4, 0.5) is 14.5 Å². The predicted octanol–water partition coefficient (Wildman–Crippen LogP) is 1.22. The summed E-state index contributed by atoms with van der Waals surface area (Å²) in [5, 5.41) is 10.0. The summed E-state index contributed by atoms with van der Waals surface area (Å²) in [5.41, 5.74) is 0.0511. The number of hydrogen-bond donors (Lipinski definition) is 1. The van der Waals surface area contributed by atoms with Crippen LogP contribution in [0.1, 0.15) is 34.5 Å². The van der Waals surface area contributed by atoms with Gasteiger partial charge in [0, 0.05) is 25.8 Å². The SMILES string of the molecule is CCn1ncc(NC(=O)c2ccnn2C(F)F)c1C(=O)N1CCOCC1. The Morgan fingerprint density at radius 2 is 2.04 bits per heavy atom. The highest BCUT2D eigenvalue weighted by molar-refractivity contribution is 6.07. The van der Waals surface area contributed by atoms with Crippen LogP contribution >= 0.6 is 0 Å². The summed E-state index contributed by atoms with van der Waals surface area (Å²) in [6.45, 7) is 0.997. The first-order chi connectivity index (χ1) is 12.5. The Labute approximate surface area is 147 Å². The number of hydrogen-bond acceptors (Lipinski definition) is 5. The van der Waals surface area contributed by atoms with Crippen molar-refractivity contribution in [2.75, 3.05) is 31.6 Å². The van der Waals surface area contributed by atoms with Gasteiger partial charge >= 0.3 is 6.55 Å². The van der Waals surface area contributed by atoms with Crippen molar-refractivity contribution in [1.82, 2.24) is 24.5 Å². The highest BCUT2D eigenvalue weighted by Crippen LogP contribution is 2.20. The zero-order valence-corrected chi connectivity index (χ0v) is 14.1. The van der Waals surface area contributed by atoms with E-state index in [0.29, 0.717) is 37.5 Å². The molecular weight excluding hydrogens is 350 g/mol. The van der Waals surface area contributed by atoms with Crippen LogP contribution in [-0.4, -0.2) is 62.6 Å². The minimum Gasteiger partial charge on any atom is -0.378 e. The Hall–Kier alpha value is -2.82. The number of amides is 2. The number of aryl methyl sites for hydroxylation is 1. The van der Waals surface area contributed by atoms with Gasteiger partial charge in [0.15, 0.2) is 0 Å². The smallest absolute Gasteiger partial charge is 0.333 e. The zero-order valence-electron chi connectivity index (χ0n) is 14.1. The number of carbonyl (C=O) groups excluding carboxylic acids is 2. The maximum Gasteiger partial charge on any atom is 0.333 e. The van der Waals surface area contributed by atoms with E-state index >= 15 is 0 Å². The van der Waals surface area contributed by atoms with Crippen molar-refractivity contribution in [2.45, 2.75) is 20.0 Å². The Balaban J connectivity index is 1.86. The van der Waals surface area contributed by atoms with Crippen molar-refractivity contribution in [3.8, 4) is 0 Å². The van der Waals surface area contributed by atoms with Crippen LogP contribution in [0.15, 0.2) is 18.5 Å². The van der Waals surface area contributed by atoms with E-state index in [2.05, 4.69) is 15.5 Å². The number of carbonyl (C=O) groups is 2. The first-order valence-electron chi connectivity index (χ1n) is 8.08. The van der Waals surface area contributed by atoms with E-state index in [9.17, 15) is 18.4 Å². The molecule has 1 N–H and O–H groups in total. The molecule has 140 valence electrons. The zero-order chi connectivity index (χ0) is 18.7. The lowest BCUT2D eigenvalue weighted by Gasteiger charge is -2.27. The molecule has 1 aliphatic rings. The number of nitrogens with zero attached hydrogens (tertiary/aromatic N) is 5. The maximum absolute atomic E-state index is 12.9. The molecule has 0 aromatic carbocycles. The van der Waals surface area contributed by atoms with Crippen LogP contribution in [0.3, 0.4) is 0 Å². The third kappa shape index (κ3) is 3.43. The molecule has 0 aliphatic carbocycles. The fraction of sp³-hybridized carbons (Fsp3) is 0.467. The van der Waals surface area contributed by atoms with Crippen LogP contribution in [-0.2, 0) is 11.3 Å². The number of ether oxygens (including phenoxy) is 1. The standard InChI is InChI=1S/C15H18F2N6O3/c1-2-22-12(14(25)21-5-7-26-8-6-21)10(9-19-22)20-13(24)11-3-4-18-23(11)15(16)17/h3-4,9,15H,2,5-8H2,1H3,(H,20,24). The largest absolute Gasteiger partial charge is 0.378 e. The third-order valence-electron chi connectivity index (χ3n) is 3.98. The molecule has 2 amide bonds. The first kappa shape index (κ1) is 18.0. The van der Waals surface area contributed by atoms with Crippen LogP contribution in [0.25, 0.3) is 0 Å². The molecule has 3 rings (SSSR count). The Kier molecular flexibility index (Phi) is 5.26. The summed E-state index contributed by atoms with van der Waals surface area (Å²) in [5.74, 6) is -1.10. The van der Waals surface area contributed by atoms with E-state index in [4.69, 9.17) is 4.74 Å². The summed E-state index contributed by atoms with van der Waals surface area (Å²) in [6, 6.07) is 1.18. The third-order valence-corrected chi connectivity index (χ3v) is 3.98. The minimum atomic E-state index is -2.95. The van der Waals surface area contributed by atoms with Gasteiger partial charge in [-0.05, 0) is 13.0 Å². The molecule has 3 heterocycles. The highest BCUT2D eigenvalue weighted by Gasteiger charge is 2.27. The van der Waals surface area contributed by atoms with Gasteiger partial charge in [0.25, 0.3) is 11.8 Å². The van der Waals surface area contributed by atoms with Crippen molar-refractivity contribution in [3.63, 3.8) is 0 Å². The van der Waals surface area contributed by atoms with Crippen LogP contribution in [0.5, 0.6) is 0 Å². The average molecular weight is 368 g/mol. The lowest BCUT2D eigenvalue weighted by atomic mass is 10.2. The molecule has 0 spiro atoms. The monoisotopic (exact) mass is 368 g/mol. The second-order valence-corrected chi connectivity index (χ2v) is 5.52. The number of halogens is 2. The topological polar surface area (TPSA) is 94.3 Å². The van der Waals surface area contributed by atoms with Gasteiger partial charge in [0.1, 0.15) is 11.4 Å². The average Bonchev–Trinajstić information content (AvgIpc) is 3.28. The van der Waals surface area contributed by atoms with Gasteiger partial charge < -0.3 is 15.0 Å². The lowest BCUT2D eigenvalue weighted by Crippen LogP contribution is -2.41. The van der Waals surface area contributed by atoms with E-state index in [1.165, 1.54) is 16.9 Å². The molecule has 0 saturated carbocycles. The van der Waals surface area contributed by atoms with E-state index < -0.39 is 12.5 Å². The molecular formula is C15H18F2N6O3. The Bertz CT molecular complexity index is 797. The van der Waals surface area contributed by atoms with Crippen molar-refractivity contribution >= 4 is 17.5 Å². The molecule has 1 aliphatic heterocycles. The molecule has 1 fully saturated rings. The fourth-order valence-electron chi connectivity index (χ4n) is 2.69. The van der Waals surface area contributed by atoms with Crippen LogP contribution in [0.2, 0.25) is 0 Å². The van der Waals surface area contributed by atoms with Gasteiger partial charge in [-0.15, -0.1) is 0 Å². The number of anilines is 1. The highest BCUT2D eigenvalue weighted by atomic mass is 19.3. The van der Waals surface area contributed by atoms with Gasteiger partial charge in [-0.25, -0.2) is 0 Å². The van der Waals surface area contributed by atoms with Gasteiger partial charge in [0.2, 0.25) is 0 Å². The molecule has 1 saturated heterocycles. The lowest BCUT2D eigenvalue weighted by molar-refractivity contribution is 0.0295. The molecule has 9 nitrogen and oxygen atoms in total. The van der Waals surface area contributed by atoms with E-state index in [1.54, 1.807) is 11.8 Å². The van der Waals surface area contributed by atoms with E-state index in [1.807, 2.05) is 0 Å². The minimum absolute atomic E-state index is 0.162. The predicted molar refractivity (Wildman–Crippen MR) is 86.1 cm³/mol. The summed E-state index contributed by atoms with van der Waals surface area (Å²) in [4.78, 5) is 26.8. The number of rotatable bonds is 5. The Morgan fingerprint density at radius 1 is 1.31 bits per heavy atom.